The highest BCUT2D eigenvalue weighted by Gasteiger charge is 2.29. The molecule has 3 atom stereocenters. The number of benzene rings is 3. The van der Waals surface area contributed by atoms with E-state index in [-0.39, 0.29) is 18.9 Å². The molecular formula is C29H31F2N5O2S. The number of aryl methyl sites for hydroxylation is 1. The number of H-pyrrole nitrogens is 1. The van der Waals surface area contributed by atoms with Gasteiger partial charge in [-0.3, -0.25) is 9.89 Å². The van der Waals surface area contributed by atoms with Crippen molar-refractivity contribution in [2.24, 2.45) is 0 Å². The van der Waals surface area contributed by atoms with Gasteiger partial charge in [-0.15, -0.1) is 0 Å². The van der Waals surface area contributed by atoms with Crippen LogP contribution in [-0.2, 0) is 24.2 Å². The number of halogens is 2. The summed E-state index contributed by atoms with van der Waals surface area (Å²) in [4.78, 5) is 17.7. The zero-order chi connectivity index (χ0) is 27.6. The Morgan fingerprint density at radius 1 is 1.00 bits per heavy atom. The Morgan fingerprint density at radius 3 is 2.44 bits per heavy atom. The van der Waals surface area contributed by atoms with E-state index in [4.69, 9.17) is 0 Å². The van der Waals surface area contributed by atoms with Crippen LogP contribution >= 0.6 is 11.8 Å². The van der Waals surface area contributed by atoms with Crippen LogP contribution in [0.5, 0.6) is 0 Å². The Balaban J connectivity index is 1.51. The number of amides is 1. The molecule has 204 valence electrons. The van der Waals surface area contributed by atoms with Crippen LogP contribution in [0, 0.1) is 11.6 Å². The predicted molar refractivity (Wildman–Crippen MR) is 147 cm³/mol. The average Bonchev–Trinajstić information content (AvgIpc) is 3.45. The van der Waals surface area contributed by atoms with Crippen LogP contribution in [0.15, 0.2) is 84.3 Å². The molecule has 0 radical (unpaired) electrons. The molecule has 10 heteroatoms. The van der Waals surface area contributed by atoms with E-state index in [1.54, 1.807) is 0 Å². The molecule has 1 aromatic heterocycles. The molecule has 0 spiro atoms. The van der Waals surface area contributed by atoms with Gasteiger partial charge in [0.05, 0.1) is 12.1 Å². The molecule has 4 N–H and O–H groups in total. The molecule has 0 fully saturated rings. The minimum absolute atomic E-state index is 0.0308. The molecule has 0 aliphatic heterocycles. The fourth-order valence-electron chi connectivity index (χ4n) is 4.25. The number of hydrogen-bond donors (Lipinski definition) is 4. The molecule has 0 aliphatic carbocycles. The van der Waals surface area contributed by atoms with Gasteiger partial charge in [0.1, 0.15) is 23.2 Å². The lowest BCUT2D eigenvalue weighted by atomic mass is 10.00. The molecule has 1 unspecified atom stereocenters. The van der Waals surface area contributed by atoms with Gasteiger partial charge in [-0.05, 0) is 47.2 Å². The Morgan fingerprint density at radius 2 is 1.74 bits per heavy atom. The summed E-state index contributed by atoms with van der Waals surface area (Å²) >= 11 is 1.18. The number of aliphatic hydroxyl groups excluding tert-OH is 1. The molecule has 0 saturated carbocycles. The number of hydrogen-bond acceptors (Lipinski definition) is 6. The first kappa shape index (κ1) is 28.4. The van der Waals surface area contributed by atoms with Gasteiger partial charge in [-0.2, -0.15) is 5.10 Å². The van der Waals surface area contributed by atoms with Crippen LogP contribution in [0.2, 0.25) is 0 Å². The van der Waals surface area contributed by atoms with Crippen molar-refractivity contribution in [2.45, 2.75) is 48.9 Å². The summed E-state index contributed by atoms with van der Waals surface area (Å²) < 4.78 is 27.9. The maximum absolute atomic E-state index is 13.9. The second kappa shape index (κ2) is 14.0. The van der Waals surface area contributed by atoms with Crippen molar-refractivity contribution >= 4 is 17.7 Å². The minimum atomic E-state index is -1.04. The molecule has 1 heterocycles. The third-order valence-corrected chi connectivity index (χ3v) is 7.36. The number of thioether (sulfide) groups is 1. The van der Waals surface area contributed by atoms with Gasteiger partial charge in [0.2, 0.25) is 5.91 Å². The van der Waals surface area contributed by atoms with E-state index < -0.39 is 29.0 Å². The molecule has 0 bridgehead atoms. The maximum atomic E-state index is 13.9. The number of nitrogens with one attached hydrogen (secondary N) is 3. The van der Waals surface area contributed by atoms with Gasteiger partial charge in [0, 0.05) is 19.2 Å². The average molecular weight is 552 g/mol. The van der Waals surface area contributed by atoms with Gasteiger partial charge in [-0.1, -0.05) is 73.3 Å². The monoisotopic (exact) mass is 551 g/mol. The van der Waals surface area contributed by atoms with Gasteiger partial charge in [-0.25, -0.2) is 13.8 Å². The highest BCUT2D eigenvalue weighted by Crippen LogP contribution is 2.33. The Bertz CT molecular complexity index is 1320. The second-order valence-corrected chi connectivity index (χ2v) is 10.3. The van der Waals surface area contributed by atoms with E-state index >= 15 is 0 Å². The third kappa shape index (κ3) is 8.44. The minimum Gasteiger partial charge on any atom is -0.390 e. The molecule has 39 heavy (non-hydrogen) atoms. The Hall–Kier alpha value is -3.60. The zero-order valence-corrected chi connectivity index (χ0v) is 22.3. The van der Waals surface area contributed by atoms with Crippen LogP contribution in [0.4, 0.5) is 8.78 Å². The molecule has 4 rings (SSSR count). The van der Waals surface area contributed by atoms with Crippen molar-refractivity contribution in [2.75, 3.05) is 6.54 Å². The molecule has 4 aromatic rings. The summed E-state index contributed by atoms with van der Waals surface area (Å²) in [5, 5.41) is 23.7. The van der Waals surface area contributed by atoms with E-state index in [0.717, 1.165) is 23.6 Å². The molecule has 3 aromatic carbocycles. The molecule has 7 nitrogen and oxygen atoms in total. The standard InChI is InChI=1S/C29H31F2N5O2S/c1-2-19-7-6-8-20(11-19)16-32-17-26(37)25(14-21-12-23(30)15-24(31)13-21)35-28(38)27(22-9-4-3-5-10-22)39-29-33-18-34-36-29/h3-13,15,18,25-27,32,37H,2,14,16-17H2,1H3,(H,35,38)(H,33,34,36)/t25-,26-,27?/m0/s1. The molecular weight excluding hydrogens is 520 g/mol. The quantitative estimate of drug-likeness (QED) is 0.184. The van der Waals surface area contributed by atoms with E-state index in [1.165, 1.54) is 35.8 Å². The SMILES string of the molecule is CCc1cccc(CNC[C@H](O)[C@H](Cc2cc(F)cc(F)c2)NC(=O)C(Sc2ncn[nH]2)c2ccccc2)c1. The van der Waals surface area contributed by atoms with Crippen LogP contribution < -0.4 is 10.6 Å². The zero-order valence-electron chi connectivity index (χ0n) is 21.5. The second-order valence-electron chi connectivity index (χ2n) is 9.17. The van der Waals surface area contributed by atoms with Crippen LogP contribution in [-0.4, -0.2) is 44.9 Å². The highest BCUT2D eigenvalue weighted by molar-refractivity contribution is 8.00. The largest absolute Gasteiger partial charge is 0.390 e. The van der Waals surface area contributed by atoms with Crippen molar-refractivity contribution in [3.8, 4) is 0 Å². The molecule has 1 amide bonds. The predicted octanol–water partition coefficient (Wildman–Crippen LogP) is 4.36. The maximum Gasteiger partial charge on any atom is 0.238 e. The lowest BCUT2D eigenvalue weighted by Crippen LogP contribution is -2.49. The fourth-order valence-corrected chi connectivity index (χ4v) is 5.16. The number of aromatic nitrogens is 3. The Kier molecular flexibility index (Phi) is 10.2. The van der Waals surface area contributed by atoms with E-state index in [2.05, 4.69) is 44.9 Å². The van der Waals surface area contributed by atoms with Crippen LogP contribution in [0.3, 0.4) is 0 Å². The summed E-state index contributed by atoms with van der Waals surface area (Å²) in [5.41, 5.74) is 3.34. The first-order chi connectivity index (χ1) is 18.9. The summed E-state index contributed by atoms with van der Waals surface area (Å²) in [6.45, 7) is 2.76. The Labute approximate surface area is 230 Å². The molecule has 0 aliphatic rings. The van der Waals surface area contributed by atoms with E-state index in [0.29, 0.717) is 17.3 Å². The van der Waals surface area contributed by atoms with Gasteiger partial charge in [0.25, 0.3) is 0 Å². The summed E-state index contributed by atoms with van der Waals surface area (Å²) in [6.07, 6.45) is 1.27. The first-order valence-corrected chi connectivity index (χ1v) is 13.6. The summed E-state index contributed by atoms with van der Waals surface area (Å²) in [5.74, 6) is -1.82. The fraction of sp³-hybridized carbons (Fsp3) is 0.276. The smallest absolute Gasteiger partial charge is 0.238 e. The normalized spacial score (nSPS) is 13.5. The third-order valence-electron chi connectivity index (χ3n) is 6.22. The van der Waals surface area contributed by atoms with Crippen LogP contribution in [0.25, 0.3) is 0 Å². The van der Waals surface area contributed by atoms with Gasteiger partial charge >= 0.3 is 0 Å². The highest BCUT2D eigenvalue weighted by atomic mass is 32.2. The van der Waals surface area contributed by atoms with Crippen molar-refractivity contribution in [3.05, 3.63) is 113 Å². The number of nitrogens with zero attached hydrogens (tertiary/aromatic N) is 2. The summed E-state index contributed by atoms with van der Waals surface area (Å²) in [6, 6.07) is 19.7. The van der Waals surface area contributed by atoms with Crippen molar-refractivity contribution in [1.82, 2.24) is 25.8 Å². The number of rotatable bonds is 13. The summed E-state index contributed by atoms with van der Waals surface area (Å²) in [7, 11) is 0. The number of carbonyl (C=O) groups excluding carboxylic acids is 1. The van der Waals surface area contributed by atoms with E-state index in [9.17, 15) is 18.7 Å². The van der Waals surface area contributed by atoms with Crippen molar-refractivity contribution in [1.29, 1.82) is 0 Å². The lowest BCUT2D eigenvalue weighted by molar-refractivity contribution is -0.122. The van der Waals surface area contributed by atoms with Crippen LogP contribution in [0.1, 0.15) is 34.4 Å². The number of aliphatic hydroxyl groups is 1. The van der Waals surface area contributed by atoms with Gasteiger partial charge < -0.3 is 15.7 Å². The van der Waals surface area contributed by atoms with Crippen molar-refractivity contribution in [3.63, 3.8) is 0 Å². The topological polar surface area (TPSA) is 103 Å². The van der Waals surface area contributed by atoms with Crippen molar-refractivity contribution < 1.29 is 18.7 Å². The lowest BCUT2D eigenvalue weighted by Gasteiger charge is -2.27. The first-order valence-electron chi connectivity index (χ1n) is 12.7. The van der Waals surface area contributed by atoms with E-state index in [1.807, 2.05) is 42.5 Å². The number of carbonyl (C=O) groups is 1. The van der Waals surface area contributed by atoms with Gasteiger partial charge in [0.15, 0.2) is 5.16 Å². The molecule has 0 saturated heterocycles. The number of aromatic amines is 1.